The number of carbonyl (C=O) groups is 1. The maximum absolute atomic E-state index is 12.6. The fourth-order valence-corrected chi connectivity index (χ4v) is 3.66. The van der Waals surface area contributed by atoms with Crippen molar-refractivity contribution in [3.63, 3.8) is 0 Å². The van der Waals surface area contributed by atoms with Crippen LogP contribution in [0.5, 0.6) is 0 Å². The van der Waals surface area contributed by atoms with Gasteiger partial charge in [0.1, 0.15) is 0 Å². The van der Waals surface area contributed by atoms with E-state index in [4.69, 9.17) is 0 Å². The highest BCUT2D eigenvalue weighted by Crippen LogP contribution is 2.32. The van der Waals surface area contributed by atoms with Crippen molar-refractivity contribution in [2.45, 2.75) is 31.7 Å². The Bertz CT molecular complexity index is 641. The zero-order chi connectivity index (χ0) is 15.4. The molecule has 2 aromatic rings. The van der Waals surface area contributed by atoms with Crippen LogP contribution >= 0.6 is 15.9 Å². The molecule has 0 aliphatic carbocycles. The smallest absolute Gasteiger partial charge is 0.223 e. The van der Waals surface area contributed by atoms with Crippen molar-refractivity contribution in [1.29, 1.82) is 0 Å². The number of likely N-dealkylation sites (tertiary alicyclic amines) is 1. The lowest BCUT2D eigenvalue weighted by atomic mass is 10.0. The van der Waals surface area contributed by atoms with Gasteiger partial charge in [0, 0.05) is 17.4 Å². The van der Waals surface area contributed by atoms with Crippen molar-refractivity contribution in [1.82, 2.24) is 4.90 Å². The number of halogens is 1. The quantitative estimate of drug-likeness (QED) is 0.773. The van der Waals surface area contributed by atoms with Crippen molar-refractivity contribution >= 4 is 21.8 Å². The topological polar surface area (TPSA) is 20.3 Å². The average Bonchev–Trinajstić information content (AvgIpc) is 3.04. The number of carbonyl (C=O) groups excluding carboxylic acids is 1. The van der Waals surface area contributed by atoms with Crippen LogP contribution in [-0.2, 0) is 11.2 Å². The Balaban J connectivity index is 1.65. The maximum Gasteiger partial charge on any atom is 0.223 e. The van der Waals surface area contributed by atoms with E-state index in [1.54, 1.807) is 0 Å². The summed E-state index contributed by atoms with van der Waals surface area (Å²) >= 11 is 3.55. The zero-order valence-corrected chi connectivity index (χ0v) is 14.1. The van der Waals surface area contributed by atoms with Crippen LogP contribution < -0.4 is 0 Å². The molecule has 1 fully saturated rings. The van der Waals surface area contributed by atoms with Crippen molar-refractivity contribution in [3.05, 3.63) is 70.2 Å². The number of hydrogen-bond acceptors (Lipinski definition) is 1. The molecule has 2 nitrogen and oxygen atoms in total. The van der Waals surface area contributed by atoms with E-state index in [-0.39, 0.29) is 11.9 Å². The lowest BCUT2D eigenvalue weighted by Crippen LogP contribution is -2.30. The molecule has 1 heterocycles. The van der Waals surface area contributed by atoms with Gasteiger partial charge >= 0.3 is 0 Å². The van der Waals surface area contributed by atoms with Gasteiger partial charge < -0.3 is 4.90 Å². The second-order valence-electron chi connectivity index (χ2n) is 5.75. The minimum Gasteiger partial charge on any atom is -0.336 e. The lowest BCUT2D eigenvalue weighted by Gasteiger charge is -2.25. The molecule has 1 aliphatic heterocycles. The van der Waals surface area contributed by atoms with Crippen LogP contribution in [0.25, 0.3) is 0 Å². The van der Waals surface area contributed by atoms with Gasteiger partial charge in [-0.15, -0.1) is 0 Å². The predicted molar refractivity (Wildman–Crippen MR) is 92.6 cm³/mol. The molecule has 0 spiro atoms. The van der Waals surface area contributed by atoms with Crippen molar-refractivity contribution in [2.24, 2.45) is 0 Å². The largest absolute Gasteiger partial charge is 0.336 e. The Morgan fingerprint density at radius 1 is 1.09 bits per heavy atom. The lowest BCUT2D eigenvalue weighted by molar-refractivity contribution is -0.132. The Morgan fingerprint density at radius 3 is 2.59 bits per heavy atom. The van der Waals surface area contributed by atoms with Crippen LogP contribution in [0, 0.1) is 0 Å². The third-order valence-electron chi connectivity index (χ3n) is 4.32. The van der Waals surface area contributed by atoms with E-state index < -0.39 is 0 Å². The molecule has 3 heteroatoms. The first kappa shape index (κ1) is 15.3. The molecule has 0 saturated carbocycles. The van der Waals surface area contributed by atoms with Gasteiger partial charge in [0.25, 0.3) is 0 Å². The molecule has 0 bridgehead atoms. The minimum absolute atomic E-state index is 0.257. The van der Waals surface area contributed by atoms with E-state index in [2.05, 4.69) is 51.2 Å². The highest BCUT2D eigenvalue weighted by atomic mass is 79.9. The molecule has 0 radical (unpaired) electrons. The Labute approximate surface area is 140 Å². The molecule has 114 valence electrons. The normalized spacial score (nSPS) is 17.7. The SMILES string of the molecule is O=C(CCc1ccccc1Br)N1CCCC1c1ccccc1. The predicted octanol–water partition coefficient (Wildman–Crippen LogP) is 4.75. The van der Waals surface area contributed by atoms with Crippen LogP contribution in [0.15, 0.2) is 59.1 Å². The monoisotopic (exact) mass is 357 g/mol. The molecule has 1 saturated heterocycles. The summed E-state index contributed by atoms with van der Waals surface area (Å²) in [5.41, 5.74) is 2.46. The molecule has 1 unspecified atom stereocenters. The fourth-order valence-electron chi connectivity index (χ4n) is 3.17. The van der Waals surface area contributed by atoms with Crippen LogP contribution in [-0.4, -0.2) is 17.4 Å². The van der Waals surface area contributed by atoms with Crippen LogP contribution in [0.4, 0.5) is 0 Å². The van der Waals surface area contributed by atoms with Crippen LogP contribution in [0.3, 0.4) is 0 Å². The summed E-state index contributed by atoms with van der Waals surface area (Å²) < 4.78 is 1.09. The van der Waals surface area contributed by atoms with E-state index >= 15 is 0 Å². The summed E-state index contributed by atoms with van der Waals surface area (Å²) in [6.07, 6.45) is 3.54. The second kappa shape index (κ2) is 7.10. The molecule has 1 amide bonds. The molecule has 2 aromatic carbocycles. The summed E-state index contributed by atoms with van der Waals surface area (Å²) in [4.78, 5) is 14.7. The number of hydrogen-bond donors (Lipinski definition) is 0. The van der Waals surface area contributed by atoms with Crippen molar-refractivity contribution in [2.75, 3.05) is 6.54 Å². The highest BCUT2D eigenvalue weighted by molar-refractivity contribution is 9.10. The minimum atomic E-state index is 0.257. The van der Waals surface area contributed by atoms with Gasteiger partial charge in [-0.1, -0.05) is 64.5 Å². The molecule has 3 rings (SSSR count). The molecular formula is C19H20BrNO. The first-order valence-corrected chi connectivity index (χ1v) is 8.63. The highest BCUT2D eigenvalue weighted by Gasteiger charge is 2.29. The van der Waals surface area contributed by atoms with E-state index in [0.717, 1.165) is 30.3 Å². The Kier molecular flexibility index (Phi) is 4.94. The number of nitrogens with zero attached hydrogens (tertiary/aromatic N) is 1. The molecule has 0 aromatic heterocycles. The summed E-state index contributed by atoms with van der Waals surface area (Å²) in [6.45, 7) is 0.883. The van der Waals surface area contributed by atoms with E-state index in [0.29, 0.717) is 6.42 Å². The molecule has 22 heavy (non-hydrogen) atoms. The standard InChI is InChI=1S/C19H20BrNO/c20-17-10-5-4-7-15(17)12-13-19(22)21-14-6-11-18(21)16-8-2-1-3-9-16/h1-5,7-10,18H,6,11-14H2. The summed E-state index contributed by atoms with van der Waals surface area (Å²) in [7, 11) is 0. The van der Waals surface area contributed by atoms with Gasteiger partial charge in [-0.2, -0.15) is 0 Å². The first-order valence-electron chi connectivity index (χ1n) is 7.83. The average molecular weight is 358 g/mol. The molecule has 0 N–H and O–H groups in total. The summed E-state index contributed by atoms with van der Waals surface area (Å²) in [6, 6.07) is 18.8. The van der Waals surface area contributed by atoms with Gasteiger partial charge in [0.15, 0.2) is 0 Å². The van der Waals surface area contributed by atoms with Crippen molar-refractivity contribution in [3.8, 4) is 0 Å². The number of aryl methyl sites for hydroxylation is 1. The summed E-state index contributed by atoms with van der Waals surface area (Å²) in [5, 5.41) is 0. The molecule has 1 atom stereocenters. The van der Waals surface area contributed by atoms with E-state index in [1.807, 2.05) is 24.3 Å². The van der Waals surface area contributed by atoms with Gasteiger partial charge in [0.2, 0.25) is 5.91 Å². The molecule has 1 aliphatic rings. The van der Waals surface area contributed by atoms with Gasteiger partial charge in [0.05, 0.1) is 6.04 Å². The second-order valence-corrected chi connectivity index (χ2v) is 6.60. The maximum atomic E-state index is 12.6. The zero-order valence-electron chi connectivity index (χ0n) is 12.5. The number of amides is 1. The fraction of sp³-hybridized carbons (Fsp3) is 0.316. The van der Waals surface area contributed by atoms with Gasteiger partial charge in [-0.05, 0) is 36.5 Å². The van der Waals surface area contributed by atoms with Crippen molar-refractivity contribution < 1.29 is 4.79 Å². The summed E-state index contributed by atoms with van der Waals surface area (Å²) in [5.74, 6) is 0.266. The number of benzene rings is 2. The number of rotatable bonds is 4. The van der Waals surface area contributed by atoms with Gasteiger partial charge in [-0.3, -0.25) is 4.79 Å². The van der Waals surface area contributed by atoms with E-state index in [1.165, 1.54) is 11.1 Å². The molecular weight excluding hydrogens is 338 g/mol. The van der Waals surface area contributed by atoms with Gasteiger partial charge in [-0.25, -0.2) is 0 Å². The van der Waals surface area contributed by atoms with E-state index in [9.17, 15) is 4.79 Å². The Hall–Kier alpha value is -1.61. The first-order chi connectivity index (χ1) is 10.8. The van der Waals surface area contributed by atoms with Crippen LogP contribution in [0.1, 0.15) is 36.4 Å². The third kappa shape index (κ3) is 3.41. The van der Waals surface area contributed by atoms with Crippen LogP contribution in [0.2, 0.25) is 0 Å². The Morgan fingerprint density at radius 2 is 1.82 bits per heavy atom. The third-order valence-corrected chi connectivity index (χ3v) is 5.10.